The average molecular weight is 318 g/mol. The third-order valence-corrected chi connectivity index (χ3v) is 6.82. The van der Waals surface area contributed by atoms with Gasteiger partial charge in [-0.2, -0.15) is 0 Å². The van der Waals surface area contributed by atoms with Gasteiger partial charge >= 0.3 is 5.97 Å². The molecule has 4 atom stereocenters. The molecule has 0 aromatic heterocycles. The Balaban J connectivity index is 1.83. The van der Waals surface area contributed by atoms with Crippen molar-refractivity contribution in [2.75, 3.05) is 0 Å². The van der Waals surface area contributed by atoms with Crippen LogP contribution >= 0.6 is 0 Å². The second-order valence-electron chi connectivity index (χ2n) is 8.68. The van der Waals surface area contributed by atoms with E-state index in [-0.39, 0.29) is 11.4 Å². The number of aliphatic hydroxyl groups is 1. The van der Waals surface area contributed by atoms with E-state index in [1.165, 1.54) is 31.3 Å². The van der Waals surface area contributed by atoms with Gasteiger partial charge in [-0.3, -0.25) is 0 Å². The highest BCUT2D eigenvalue weighted by Crippen LogP contribution is 2.61. The van der Waals surface area contributed by atoms with E-state index < -0.39 is 6.29 Å². The minimum atomic E-state index is -0.958. The quantitative estimate of drug-likeness (QED) is 0.467. The van der Waals surface area contributed by atoms with E-state index in [0.717, 1.165) is 18.8 Å². The fourth-order valence-corrected chi connectivity index (χ4v) is 5.65. The number of aliphatic hydroxyl groups excluding tert-OH is 1. The van der Waals surface area contributed by atoms with Gasteiger partial charge in [0.15, 0.2) is 0 Å². The lowest BCUT2D eigenvalue weighted by molar-refractivity contribution is -0.152. The highest BCUT2D eigenvalue weighted by atomic mass is 16.6. The van der Waals surface area contributed by atoms with Gasteiger partial charge in [0.2, 0.25) is 6.29 Å². The van der Waals surface area contributed by atoms with E-state index >= 15 is 0 Å². The van der Waals surface area contributed by atoms with Crippen molar-refractivity contribution in [1.29, 1.82) is 0 Å². The Labute approximate surface area is 139 Å². The Hall–Kier alpha value is -1.09. The molecule has 0 spiro atoms. The molecule has 128 valence electrons. The maximum absolute atomic E-state index is 11.7. The van der Waals surface area contributed by atoms with Crippen molar-refractivity contribution in [1.82, 2.24) is 0 Å². The monoisotopic (exact) mass is 318 g/mol. The lowest BCUT2D eigenvalue weighted by atomic mass is 9.47. The van der Waals surface area contributed by atoms with Crippen LogP contribution in [0.1, 0.15) is 65.7 Å². The number of rotatable bonds is 2. The minimum Gasteiger partial charge on any atom is -0.432 e. The van der Waals surface area contributed by atoms with E-state index in [2.05, 4.69) is 27.4 Å². The summed E-state index contributed by atoms with van der Waals surface area (Å²) in [6, 6.07) is 0. The van der Waals surface area contributed by atoms with Crippen LogP contribution in [-0.4, -0.2) is 17.4 Å². The molecule has 0 amide bonds. The van der Waals surface area contributed by atoms with Crippen LogP contribution in [0.15, 0.2) is 23.8 Å². The zero-order valence-electron chi connectivity index (χ0n) is 14.7. The molecule has 0 aromatic carbocycles. The molecule has 23 heavy (non-hydrogen) atoms. The molecule has 3 heteroatoms. The number of allylic oxidation sites excluding steroid dienone is 2. The first-order chi connectivity index (χ1) is 10.7. The Bertz CT molecular complexity index is 545. The second kappa shape index (κ2) is 5.77. The van der Waals surface area contributed by atoms with E-state index in [0.29, 0.717) is 23.3 Å². The first kappa shape index (κ1) is 16.8. The molecule has 3 rings (SSSR count). The summed E-state index contributed by atoms with van der Waals surface area (Å²) in [6.45, 7) is 11.6. The molecule has 3 nitrogen and oxygen atoms in total. The zero-order valence-corrected chi connectivity index (χ0v) is 14.7. The maximum atomic E-state index is 11.7. The number of fused-ring (bicyclic) bond motifs is 1. The molecule has 3 aliphatic rings. The first-order valence-electron chi connectivity index (χ1n) is 9.00. The van der Waals surface area contributed by atoms with Crippen molar-refractivity contribution in [2.45, 2.75) is 72.0 Å². The topological polar surface area (TPSA) is 46.5 Å². The van der Waals surface area contributed by atoms with E-state index in [9.17, 15) is 9.90 Å². The number of esters is 1. The summed E-state index contributed by atoms with van der Waals surface area (Å²) < 4.78 is 4.83. The zero-order chi connectivity index (χ0) is 16.8. The molecular weight excluding hydrogens is 288 g/mol. The van der Waals surface area contributed by atoms with Crippen molar-refractivity contribution >= 4 is 5.97 Å². The molecule has 1 heterocycles. The number of hydrogen-bond acceptors (Lipinski definition) is 3. The molecule has 3 fully saturated rings. The third-order valence-electron chi connectivity index (χ3n) is 6.82. The number of carbonyl (C=O) groups excluding carboxylic acids is 1. The summed E-state index contributed by atoms with van der Waals surface area (Å²) in [5.41, 5.74) is 2.63. The minimum absolute atomic E-state index is 0.273. The van der Waals surface area contributed by atoms with Gasteiger partial charge in [0.25, 0.3) is 0 Å². The van der Waals surface area contributed by atoms with Crippen LogP contribution < -0.4 is 0 Å². The van der Waals surface area contributed by atoms with Gasteiger partial charge in [0.05, 0.1) is 0 Å². The summed E-state index contributed by atoms with van der Waals surface area (Å²) in [6.07, 6.45) is 8.40. The smallest absolute Gasteiger partial charge is 0.336 e. The number of hydrogen-bond donors (Lipinski definition) is 1. The van der Waals surface area contributed by atoms with Gasteiger partial charge in [-0.05, 0) is 54.8 Å². The highest BCUT2D eigenvalue weighted by Gasteiger charge is 2.52. The van der Waals surface area contributed by atoms with Crippen molar-refractivity contribution in [3.63, 3.8) is 0 Å². The molecule has 0 radical (unpaired) electrons. The standard InChI is InChI=1S/C20H30O3/c1-13-6-9-16-19(2,3)10-5-11-20(16,4)15(13)8-7-14-12-17(21)23-18(14)22/h7,15-17,21H,1,5-6,8-12H2,2-4H3/t15-,16-,17+,20+/m0/s1. The Morgan fingerprint density at radius 1 is 1.35 bits per heavy atom. The molecular formula is C20H30O3. The summed E-state index contributed by atoms with van der Waals surface area (Å²) in [5.74, 6) is 0.794. The van der Waals surface area contributed by atoms with E-state index in [1.54, 1.807) is 0 Å². The number of ether oxygens (including phenoxy) is 1. The summed E-state index contributed by atoms with van der Waals surface area (Å²) in [5, 5.41) is 9.46. The van der Waals surface area contributed by atoms with Crippen molar-refractivity contribution < 1.29 is 14.6 Å². The van der Waals surface area contributed by atoms with E-state index in [4.69, 9.17) is 4.74 Å². The second-order valence-corrected chi connectivity index (χ2v) is 8.68. The van der Waals surface area contributed by atoms with Crippen molar-refractivity contribution in [3.05, 3.63) is 23.8 Å². The van der Waals surface area contributed by atoms with Crippen LogP contribution in [-0.2, 0) is 9.53 Å². The summed E-state index contributed by atoms with van der Waals surface area (Å²) in [4.78, 5) is 11.7. The number of carbonyl (C=O) groups is 1. The average Bonchev–Trinajstić information content (AvgIpc) is 2.75. The van der Waals surface area contributed by atoms with E-state index in [1.807, 2.05) is 6.08 Å². The molecule has 0 bridgehead atoms. The SMILES string of the molecule is C=C1CC[C@H]2C(C)(C)CCC[C@]2(C)[C@H]1CC=C1C[C@H](O)OC1=O. The van der Waals surface area contributed by atoms with Gasteiger partial charge in [-0.15, -0.1) is 0 Å². The number of cyclic esters (lactones) is 1. The Morgan fingerprint density at radius 2 is 2.09 bits per heavy atom. The predicted molar refractivity (Wildman–Crippen MR) is 90.5 cm³/mol. The molecule has 2 saturated carbocycles. The Kier molecular flexibility index (Phi) is 4.20. The van der Waals surface area contributed by atoms with Crippen LogP contribution in [0.5, 0.6) is 0 Å². The molecule has 1 aliphatic heterocycles. The van der Waals surface area contributed by atoms with Gasteiger partial charge in [-0.25, -0.2) is 4.79 Å². The molecule has 1 N–H and O–H groups in total. The van der Waals surface area contributed by atoms with Crippen molar-refractivity contribution in [3.8, 4) is 0 Å². The highest BCUT2D eigenvalue weighted by molar-refractivity contribution is 5.90. The Morgan fingerprint density at radius 3 is 2.74 bits per heavy atom. The first-order valence-corrected chi connectivity index (χ1v) is 9.00. The molecule has 2 aliphatic carbocycles. The fourth-order valence-electron chi connectivity index (χ4n) is 5.65. The summed E-state index contributed by atoms with van der Waals surface area (Å²) >= 11 is 0. The molecule has 0 aromatic rings. The molecule has 1 saturated heterocycles. The largest absolute Gasteiger partial charge is 0.432 e. The lowest BCUT2D eigenvalue weighted by Crippen LogP contribution is -2.49. The van der Waals surface area contributed by atoms with Gasteiger partial charge in [0, 0.05) is 12.0 Å². The maximum Gasteiger partial charge on any atom is 0.336 e. The van der Waals surface area contributed by atoms with Crippen LogP contribution in [0.3, 0.4) is 0 Å². The van der Waals surface area contributed by atoms with Gasteiger partial charge < -0.3 is 9.84 Å². The van der Waals surface area contributed by atoms with Crippen LogP contribution in [0, 0.1) is 22.7 Å². The molecule has 0 unspecified atom stereocenters. The van der Waals surface area contributed by atoms with Gasteiger partial charge in [0.1, 0.15) is 0 Å². The normalized spacial score (nSPS) is 41.7. The predicted octanol–water partition coefficient (Wildman–Crippen LogP) is 4.37. The fraction of sp³-hybridized carbons (Fsp3) is 0.750. The van der Waals surface area contributed by atoms with Crippen molar-refractivity contribution in [2.24, 2.45) is 22.7 Å². The summed E-state index contributed by atoms with van der Waals surface area (Å²) in [7, 11) is 0. The van der Waals surface area contributed by atoms with Gasteiger partial charge in [-0.1, -0.05) is 45.4 Å². The third kappa shape index (κ3) is 2.88. The van der Waals surface area contributed by atoms with Crippen LogP contribution in [0.2, 0.25) is 0 Å². The van der Waals surface area contributed by atoms with Crippen LogP contribution in [0.4, 0.5) is 0 Å². The van der Waals surface area contributed by atoms with Crippen LogP contribution in [0.25, 0.3) is 0 Å². The lowest BCUT2D eigenvalue weighted by Gasteiger charge is -2.58.